The molecule has 0 saturated carbocycles. The Balaban J connectivity index is 2.00. The molecule has 0 radical (unpaired) electrons. The fourth-order valence-corrected chi connectivity index (χ4v) is 1.46. The lowest BCUT2D eigenvalue weighted by Gasteiger charge is -2.01. The lowest BCUT2D eigenvalue weighted by atomic mass is 10.1. The van der Waals surface area contributed by atoms with Gasteiger partial charge in [-0.25, -0.2) is 4.79 Å². The van der Waals surface area contributed by atoms with Crippen molar-refractivity contribution in [2.24, 2.45) is 0 Å². The Kier molecular flexibility index (Phi) is 2.76. The molecule has 1 heterocycles. The summed E-state index contributed by atoms with van der Waals surface area (Å²) >= 11 is 0. The predicted molar refractivity (Wildman–Crippen MR) is 53.5 cm³/mol. The van der Waals surface area contributed by atoms with Gasteiger partial charge in [-0.2, -0.15) is 0 Å². The number of carbonyl (C=O) groups is 2. The number of Topliss-reactive ketones (excluding diaryl/α,β-unsaturated/α-hetero) is 1. The van der Waals surface area contributed by atoms with Gasteiger partial charge >= 0.3 is 5.97 Å². The van der Waals surface area contributed by atoms with Gasteiger partial charge < -0.3 is 14.6 Å². The quantitative estimate of drug-likeness (QED) is 0.769. The van der Waals surface area contributed by atoms with Crippen molar-refractivity contribution in [3.8, 4) is 11.5 Å². The first-order valence-electron chi connectivity index (χ1n) is 4.81. The summed E-state index contributed by atoms with van der Waals surface area (Å²) in [7, 11) is 0. The number of hydrogen-bond acceptors (Lipinski definition) is 4. The molecule has 84 valence electrons. The maximum Gasteiger partial charge on any atom is 0.372 e. The third kappa shape index (κ3) is 2.13. The molecular formula is C11H10O5. The molecule has 0 aromatic heterocycles. The number of aryl methyl sites for hydroxylation is 1. The van der Waals surface area contributed by atoms with Crippen LogP contribution in [0.1, 0.15) is 12.0 Å². The van der Waals surface area contributed by atoms with Crippen molar-refractivity contribution < 1.29 is 24.2 Å². The number of carboxylic acid groups (broad SMARTS) is 1. The van der Waals surface area contributed by atoms with E-state index in [4.69, 9.17) is 14.6 Å². The van der Waals surface area contributed by atoms with Gasteiger partial charge in [0.25, 0.3) is 0 Å². The molecule has 2 rings (SSSR count). The highest BCUT2D eigenvalue weighted by molar-refractivity contribution is 6.32. The molecule has 0 atom stereocenters. The Morgan fingerprint density at radius 2 is 2.00 bits per heavy atom. The molecule has 0 bridgehead atoms. The highest BCUT2D eigenvalue weighted by atomic mass is 16.7. The van der Waals surface area contributed by atoms with Crippen LogP contribution in [0.15, 0.2) is 18.2 Å². The zero-order valence-corrected chi connectivity index (χ0v) is 8.43. The van der Waals surface area contributed by atoms with Gasteiger partial charge in [-0.1, -0.05) is 6.07 Å². The number of aliphatic carboxylic acids is 1. The monoisotopic (exact) mass is 222 g/mol. The summed E-state index contributed by atoms with van der Waals surface area (Å²) in [6, 6.07) is 5.31. The molecule has 1 aromatic rings. The molecule has 1 aliphatic heterocycles. The van der Waals surface area contributed by atoms with Crippen LogP contribution in [-0.2, 0) is 16.0 Å². The van der Waals surface area contributed by atoms with E-state index in [1.165, 1.54) is 0 Å². The van der Waals surface area contributed by atoms with Gasteiger partial charge in [0, 0.05) is 6.42 Å². The number of ether oxygens (including phenoxy) is 2. The van der Waals surface area contributed by atoms with E-state index in [0.29, 0.717) is 17.9 Å². The maximum atomic E-state index is 10.9. The van der Waals surface area contributed by atoms with Gasteiger partial charge in [-0.15, -0.1) is 0 Å². The van der Waals surface area contributed by atoms with Crippen LogP contribution >= 0.6 is 0 Å². The van der Waals surface area contributed by atoms with E-state index in [-0.39, 0.29) is 13.2 Å². The molecule has 1 aliphatic rings. The van der Waals surface area contributed by atoms with E-state index < -0.39 is 11.8 Å². The Bertz CT molecular complexity index is 438. The average molecular weight is 222 g/mol. The fourth-order valence-electron chi connectivity index (χ4n) is 1.46. The second kappa shape index (κ2) is 4.22. The van der Waals surface area contributed by atoms with Crippen LogP contribution in [0.5, 0.6) is 11.5 Å². The molecule has 0 spiro atoms. The normalized spacial score (nSPS) is 12.5. The summed E-state index contributed by atoms with van der Waals surface area (Å²) in [4.78, 5) is 21.2. The Labute approximate surface area is 91.6 Å². The largest absolute Gasteiger partial charge is 0.476 e. The first-order chi connectivity index (χ1) is 7.66. The van der Waals surface area contributed by atoms with Crippen molar-refractivity contribution in [1.82, 2.24) is 0 Å². The van der Waals surface area contributed by atoms with Gasteiger partial charge in [-0.3, -0.25) is 4.79 Å². The minimum Gasteiger partial charge on any atom is -0.476 e. The second-order valence-corrected chi connectivity index (χ2v) is 3.42. The molecule has 0 amide bonds. The van der Waals surface area contributed by atoms with Crippen molar-refractivity contribution in [3.63, 3.8) is 0 Å². The van der Waals surface area contributed by atoms with Gasteiger partial charge in [0.05, 0.1) is 0 Å². The number of rotatable bonds is 4. The molecule has 1 N–H and O–H groups in total. The third-order valence-electron chi connectivity index (χ3n) is 2.32. The zero-order valence-electron chi connectivity index (χ0n) is 8.43. The second-order valence-electron chi connectivity index (χ2n) is 3.42. The molecule has 5 heteroatoms. The summed E-state index contributed by atoms with van der Waals surface area (Å²) in [5, 5.41) is 8.42. The van der Waals surface area contributed by atoms with E-state index in [9.17, 15) is 9.59 Å². The molecule has 0 saturated heterocycles. The lowest BCUT2D eigenvalue weighted by Crippen LogP contribution is -2.12. The van der Waals surface area contributed by atoms with E-state index in [1.807, 2.05) is 0 Å². The zero-order chi connectivity index (χ0) is 11.5. The van der Waals surface area contributed by atoms with Crippen LogP contribution in [0.3, 0.4) is 0 Å². The van der Waals surface area contributed by atoms with Crippen LogP contribution in [0, 0.1) is 0 Å². The van der Waals surface area contributed by atoms with Crippen LogP contribution in [0.2, 0.25) is 0 Å². The predicted octanol–water partition coefficient (Wildman–Crippen LogP) is 1.00. The molecule has 0 aliphatic carbocycles. The highest BCUT2D eigenvalue weighted by Crippen LogP contribution is 2.32. The summed E-state index contributed by atoms with van der Waals surface area (Å²) < 4.78 is 10.3. The highest BCUT2D eigenvalue weighted by Gasteiger charge is 2.15. The smallest absolute Gasteiger partial charge is 0.372 e. The molecule has 16 heavy (non-hydrogen) atoms. The van der Waals surface area contributed by atoms with Crippen molar-refractivity contribution >= 4 is 11.8 Å². The number of ketones is 1. The fraction of sp³-hybridized carbons (Fsp3) is 0.273. The molecule has 5 nitrogen and oxygen atoms in total. The Morgan fingerprint density at radius 1 is 1.25 bits per heavy atom. The molecular weight excluding hydrogens is 212 g/mol. The van der Waals surface area contributed by atoms with E-state index in [0.717, 1.165) is 5.56 Å². The van der Waals surface area contributed by atoms with Crippen LogP contribution < -0.4 is 9.47 Å². The SMILES string of the molecule is O=C(O)C(=O)CCc1ccc2c(c1)OCO2. The standard InChI is InChI=1S/C11H10O5/c12-8(11(13)14)3-1-7-2-4-9-10(5-7)16-6-15-9/h2,4-5H,1,3,6H2,(H,13,14). The van der Waals surface area contributed by atoms with Gasteiger partial charge in [0.15, 0.2) is 11.5 Å². The molecule has 1 aromatic carbocycles. The average Bonchev–Trinajstić information content (AvgIpc) is 2.72. The van der Waals surface area contributed by atoms with Crippen LogP contribution in [-0.4, -0.2) is 23.7 Å². The van der Waals surface area contributed by atoms with Gasteiger partial charge in [0.2, 0.25) is 12.6 Å². The van der Waals surface area contributed by atoms with Crippen LogP contribution in [0.4, 0.5) is 0 Å². The van der Waals surface area contributed by atoms with E-state index in [1.54, 1.807) is 18.2 Å². The topological polar surface area (TPSA) is 72.8 Å². The maximum absolute atomic E-state index is 10.9. The first kappa shape index (κ1) is 10.5. The summed E-state index contributed by atoms with van der Waals surface area (Å²) in [5.41, 5.74) is 0.860. The van der Waals surface area contributed by atoms with Crippen LogP contribution in [0.25, 0.3) is 0 Å². The van der Waals surface area contributed by atoms with E-state index in [2.05, 4.69) is 0 Å². The minimum absolute atomic E-state index is 0.00498. The van der Waals surface area contributed by atoms with Crippen molar-refractivity contribution in [1.29, 1.82) is 0 Å². The molecule has 0 unspecified atom stereocenters. The molecule has 0 fully saturated rings. The minimum atomic E-state index is -1.39. The van der Waals surface area contributed by atoms with Crippen molar-refractivity contribution in [2.45, 2.75) is 12.8 Å². The van der Waals surface area contributed by atoms with Gasteiger partial charge in [-0.05, 0) is 24.1 Å². The number of benzene rings is 1. The summed E-state index contributed by atoms with van der Waals surface area (Å²) in [5.74, 6) is -0.855. The number of fused-ring (bicyclic) bond motifs is 1. The first-order valence-corrected chi connectivity index (χ1v) is 4.81. The van der Waals surface area contributed by atoms with E-state index >= 15 is 0 Å². The lowest BCUT2D eigenvalue weighted by molar-refractivity contribution is -0.149. The summed E-state index contributed by atoms with van der Waals surface area (Å²) in [6.45, 7) is 0.201. The Hall–Kier alpha value is -2.04. The Morgan fingerprint density at radius 3 is 2.75 bits per heavy atom. The van der Waals surface area contributed by atoms with Crippen molar-refractivity contribution in [3.05, 3.63) is 23.8 Å². The third-order valence-corrected chi connectivity index (χ3v) is 2.32. The number of carboxylic acids is 1. The van der Waals surface area contributed by atoms with Crippen molar-refractivity contribution in [2.75, 3.05) is 6.79 Å². The van der Waals surface area contributed by atoms with Gasteiger partial charge in [0.1, 0.15) is 0 Å². The summed E-state index contributed by atoms with van der Waals surface area (Å²) in [6.07, 6.45) is 0.386. The number of carbonyl (C=O) groups excluding carboxylic acids is 1. The number of hydrogen-bond donors (Lipinski definition) is 1.